The van der Waals surface area contributed by atoms with E-state index in [-0.39, 0.29) is 6.10 Å². The van der Waals surface area contributed by atoms with Gasteiger partial charge in [0.15, 0.2) is 0 Å². The van der Waals surface area contributed by atoms with Gasteiger partial charge in [0.25, 0.3) is 0 Å². The Morgan fingerprint density at radius 2 is 1.83 bits per heavy atom. The highest BCUT2D eigenvalue weighted by Crippen LogP contribution is 2.14. The van der Waals surface area contributed by atoms with Gasteiger partial charge in [0.05, 0.1) is 6.10 Å². The summed E-state index contributed by atoms with van der Waals surface area (Å²) in [7, 11) is 0. The summed E-state index contributed by atoms with van der Waals surface area (Å²) in [6.45, 7) is 4.40. The maximum Gasteiger partial charge on any atom is 0.0563 e. The first-order valence-electron chi connectivity index (χ1n) is 5.01. The molecule has 0 aromatic rings. The molecule has 2 N–H and O–H groups in total. The Morgan fingerprint density at radius 3 is 2.33 bits per heavy atom. The van der Waals surface area contributed by atoms with E-state index in [0.29, 0.717) is 12.5 Å². The van der Waals surface area contributed by atoms with Gasteiger partial charge in [-0.3, -0.25) is 0 Å². The largest absolute Gasteiger partial charge is 0.396 e. The van der Waals surface area contributed by atoms with Crippen molar-refractivity contribution in [2.24, 2.45) is 5.92 Å². The van der Waals surface area contributed by atoms with E-state index >= 15 is 0 Å². The second-order valence-electron chi connectivity index (χ2n) is 3.53. The Hall–Kier alpha value is -0.0800. The van der Waals surface area contributed by atoms with E-state index in [1.165, 1.54) is 0 Å². The van der Waals surface area contributed by atoms with Gasteiger partial charge in [-0.2, -0.15) is 0 Å². The summed E-state index contributed by atoms with van der Waals surface area (Å²) in [6.07, 6.45) is 4.89. The lowest BCUT2D eigenvalue weighted by Gasteiger charge is -2.16. The first-order chi connectivity index (χ1) is 5.72. The van der Waals surface area contributed by atoms with Crippen molar-refractivity contribution in [2.75, 3.05) is 6.61 Å². The Kier molecular flexibility index (Phi) is 7.51. The van der Waals surface area contributed by atoms with Gasteiger partial charge in [0.2, 0.25) is 0 Å². The average Bonchev–Trinajstić information content (AvgIpc) is 2.10. The summed E-state index contributed by atoms with van der Waals surface area (Å²) in [5, 5.41) is 18.0. The quantitative estimate of drug-likeness (QED) is 0.579. The monoisotopic (exact) mass is 174 g/mol. The predicted octanol–water partition coefficient (Wildman–Crippen LogP) is 1.95. The van der Waals surface area contributed by atoms with Crippen molar-refractivity contribution < 1.29 is 10.2 Å². The summed E-state index contributed by atoms with van der Waals surface area (Å²) in [5.41, 5.74) is 0. The Bertz CT molecular complexity index is 93.8. The molecule has 0 aliphatic heterocycles. The van der Waals surface area contributed by atoms with E-state index in [1.54, 1.807) is 0 Å². The van der Waals surface area contributed by atoms with Gasteiger partial charge in [-0.25, -0.2) is 0 Å². The molecule has 0 saturated carbocycles. The number of hydrogen-bond acceptors (Lipinski definition) is 2. The van der Waals surface area contributed by atoms with Gasteiger partial charge in [-0.05, 0) is 25.2 Å². The molecule has 0 fully saturated rings. The van der Waals surface area contributed by atoms with Crippen molar-refractivity contribution in [2.45, 2.75) is 52.1 Å². The molecule has 12 heavy (non-hydrogen) atoms. The molecule has 0 heterocycles. The molecule has 0 aromatic heterocycles. The molecule has 0 bridgehead atoms. The predicted molar refractivity (Wildman–Crippen MR) is 51.0 cm³/mol. The highest BCUT2D eigenvalue weighted by atomic mass is 16.3. The number of aliphatic hydroxyl groups is 2. The molecule has 74 valence electrons. The van der Waals surface area contributed by atoms with Crippen LogP contribution in [-0.4, -0.2) is 22.9 Å². The third kappa shape index (κ3) is 5.56. The van der Waals surface area contributed by atoms with Crippen molar-refractivity contribution in [3.8, 4) is 0 Å². The molecule has 0 aromatic carbocycles. The van der Waals surface area contributed by atoms with Gasteiger partial charge < -0.3 is 10.2 Å². The third-order valence-corrected chi connectivity index (χ3v) is 2.39. The zero-order valence-electron chi connectivity index (χ0n) is 8.29. The number of aliphatic hydroxyl groups excluding tert-OH is 2. The van der Waals surface area contributed by atoms with Crippen LogP contribution in [0.15, 0.2) is 0 Å². The fourth-order valence-corrected chi connectivity index (χ4v) is 1.35. The van der Waals surface area contributed by atoms with Crippen molar-refractivity contribution in [3.63, 3.8) is 0 Å². The number of rotatable bonds is 7. The second kappa shape index (κ2) is 7.56. The van der Waals surface area contributed by atoms with Crippen molar-refractivity contribution in [1.82, 2.24) is 0 Å². The van der Waals surface area contributed by atoms with Crippen LogP contribution in [-0.2, 0) is 0 Å². The van der Waals surface area contributed by atoms with Crippen LogP contribution >= 0.6 is 0 Å². The standard InChI is InChI=1S/C10H22O2/c1-3-10(12)9(2)7-5-4-6-8-11/h9-12H,3-8H2,1-2H3/t9?,10-/m0/s1. The second-order valence-corrected chi connectivity index (χ2v) is 3.53. The van der Waals surface area contributed by atoms with E-state index in [1.807, 2.05) is 6.92 Å². The lowest BCUT2D eigenvalue weighted by molar-refractivity contribution is 0.106. The van der Waals surface area contributed by atoms with E-state index in [0.717, 1.165) is 32.1 Å². The van der Waals surface area contributed by atoms with Crippen molar-refractivity contribution >= 4 is 0 Å². The van der Waals surface area contributed by atoms with Gasteiger partial charge in [0.1, 0.15) is 0 Å². The van der Waals surface area contributed by atoms with E-state index < -0.39 is 0 Å². The fraction of sp³-hybridized carbons (Fsp3) is 1.00. The van der Waals surface area contributed by atoms with Gasteiger partial charge in [-0.15, -0.1) is 0 Å². The highest BCUT2D eigenvalue weighted by Gasteiger charge is 2.10. The van der Waals surface area contributed by atoms with Crippen LogP contribution in [0.2, 0.25) is 0 Å². The fourth-order valence-electron chi connectivity index (χ4n) is 1.35. The molecule has 0 radical (unpaired) electrons. The zero-order valence-corrected chi connectivity index (χ0v) is 8.29. The maximum atomic E-state index is 9.43. The molecule has 2 heteroatoms. The smallest absolute Gasteiger partial charge is 0.0563 e. The van der Waals surface area contributed by atoms with Gasteiger partial charge in [-0.1, -0.05) is 26.7 Å². The lowest BCUT2D eigenvalue weighted by atomic mass is 9.96. The highest BCUT2D eigenvalue weighted by molar-refractivity contribution is 4.62. The Labute approximate surface area is 75.6 Å². The van der Waals surface area contributed by atoms with Crippen LogP contribution in [0.5, 0.6) is 0 Å². The molecule has 0 rings (SSSR count). The molecular formula is C10H22O2. The summed E-state index contributed by atoms with van der Waals surface area (Å²) in [5.74, 6) is 0.411. The SMILES string of the molecule is CC[C@H](O)C(C)CCCCCO. The van der Waals surface area contributed by atoms with Gasteiger partial charge in [0, 0.05) is 6.61 Å². The normalized spacial score (nSPS) is 16.0. The molecule has 0 spiro atoms. The average molecular weight is 174 g/mol. The first-order valence-corrected chi connectivity index (χ1v) is 5.01. The molecule has 0 aliphatic carbocycles. The lowest BCUT2D eigenvalue weighted by Crippen LogP contribution is -2.15. The van der Waals surface area contributed by atoms with Crippen molar-refractivity contribution in [3.05, 3.63) is 0 Å². The van der Waals surface area contributed by atoms with E-state index in [2.05, 4.69) is 6.92 Å². The first kappa shape index (κ1) is 11.9. The van der Waals surface area contributed by atoms with Crippen LogP contribution in [0.1, 0.15) is 46.0 Å². The summed E-state index contributed by atoms with van der Waals surface area (Å²) in [4.78, 5) is 0. The molecule has 0 aliphatic rings. The summed E-state index contributed by atoms with van der Waals surface area (Å²) in [6, 6.07) is 0. The molecule has 1 unspecified atom stereocenters. The third-order valence-electron chi connectivity index (χ3n) is 2.39. The molecule has 2 nitrogen and oxygen atoms in total. The van der Waals surface area contributed by atoms with Gasteiger partial charge >= 0.3 is 0 Å². The molecule has 2 atom stereocenters. The minimum Gasteiger partial charge on any atom is -0.396 e. The number of hydrogen-bond donors (Lipinski definition) is 2. The van der Waals surface area contributed by atoms with Crippen LogP contribution in [0.25, 0.3) is 0 Å². The van der Waals surface area contributed by atoms with Crippen LogP contribution in [0.4, 0.5) is 0 Å². The maximum absolute atomic E-state index is 9.43. The Balaban J connectivity index is 3.24. The van der Waals surface area contributed by atoms with Crippen LogP contribution in [0.3, 0.4) is 0 Å². The number of unbranched alkanes of at least 4 members (excludes halogenated alkanes) is 2. The Morgan fingerprint density at radius 1 is 1.17 bits per heavy atom. The van der Waals surface area contributed by atoms with E-state index in [9.17, 15) is 5.11 Å². The summed E-state index contributed by atoms with van der Waals surface area (Å²) >= 11 is 0. The van der Waals surface area contributed by atoms with Crippen LogP contribution in [0, 0.1) is 5.92 Å². The topological polar surface area (TPSA) is 40.5 Å². The molecular weight excluding hydrogens is 152 g/mol. The van der Waals surface area contributed by atoms with E-state index in [4.69, 9.17) is 5.11 Å². The minimum atomic E-state index is -0.140. The van der Waals surface area contributed by atoms with Crippen molar-refractivity contribution in [1.29, 1.82) is 0 Å². The van der Waals surface area contributed by atoms with Crippen LogP contribution < -0.4 is 0 Å². The molecule has 0 amide bonds. The summed E-state index contributed by atoms with van der Waals surface area (Å²) < 4.78 is 0. The molecule has 0 saturated heterocycles. The zero-order chi connectivity index (χ0) is 9.40. The minimum absolute atomic E-state index is 0.140.